The molecule has 3 nitrogen and oxygen atoms in total. The van der Waals surface area contributed by atoms with E-state index in [1.165, 1.54) is 0 Å². The van der Waals surface area contributed by atoms with Gasteiger partial charge < -0.3 is 4.74 Å². The number of ether oxygens (including phenoxy) is 1. The van der Waals surface area contributed by atoms with Gasteiger partial charge in [0.25, 0.3) is 0 Å². The molecule has 0 spiro atoms. The smallest absolute Gasteiger partial charge is 0.317 e. The van der Waals surface area contributed by atoms with Crippen LogP contribution in [0.25, 0.3) is 0 Å². The zero-order valence-corrected chi connectivity index (χ0v) is 9.43. The zero-order valence-electron chi connectivity index (χ0n) is 8.62. The number of carbonyl (C=O) groups is 2. The van der Waals surface area contributed by atoms with Crippen molar-refractivity contribution in [3.05, 3.63) is 0 Å². The van der Waals surface area contributed by atoms with E-state index in [4.69, 9.17) is 4.74 Å². The van der Waals surface area contributed by atoms with Gasteiger partial charge in [-0.2, -0.15) is 0 Å². The highest BCUT2D eigenvalue weighted by Crippen LogP contribution is 2.33. The van der Waals surface area contributed by atoms with E-state index in [9.17, 15) is 9.59 Å². The zero-order chi connectivity index (χ0) is 10.6. The lowest BCUT2D eigenvalue weighted by atomic mass is 9.98. The molecule has 0 amide bonds. The number of hydrogen-bond donors (Lipinski definition) is 0. The van der Waals surface area contributed by atoms with E-state index in [0.717, 1.165) is 12.8 Å². The fraction of sp³-hybridized carbons (Fsp3) is 0.800. The highest BCUT2D eigenvalue weighted by Gasteiger charge is 2.40. The van der Waals surface area contributed by atoms with E-state index in [0.29, 0.717) is 12.4 Å². The van der Waals surface area contributed by atoms with Crippen LogP contribution in [0, 0.1) is 5.92 Å². The Morgan fingerprint density at radius 1 is 1.57 bits per heavy atom. The summed E-state index contributed by atoms with van der Waals surface area (Å²) in [6.45, 7) is 4.18. The Balaban J connectivity index is 2.61. The second-order valence-electron chi connectivity index (χ2n) is 3.33. The first-order chi connectivity index (χ1) is 6.70. The molecule has 14 heavy (non-hydrogen) atoms. The fourth-order valence-corrected chi connectivity index (χ4v) is 3.05. The minimum absolute atomic E-state index is 0.0342. The fourth-order valence-electron chi connectivity index (χ4n) is 1.63. The molecule has 1 fully saturated rings. The van der Waals surface area contributed by atoms with Crippen molar-refractivity contribution in [2.24, 2.45) is 5.92 Å². The van der Waals surface area contributed by atoms with E-state index in [2.05, 4.69) is 6.92 Å². The van der Waals surface area contributed by atoms with Crippen LogP contribution in [0.2, 0.25) is 0 Å². The molecule has 0 bridgehead atoms. The molecule has 1 aliphatic rings. The summed E-state index contributed by atoms with van der Waals surface area (Å²) in [6.07, 6.45) is 1.92. The molecule has 1 heterocycles. The normalized spacial score (nSPS) is 26.6. The summed E-state index contributed by atoms with van der Waals surface area (Å²) >= 11 is 1.59. The van der Waals surface area contributed by atoms with Crippen molar-refractivity contribution in [2.75, 3.05) is 12.4 Å². The Hall–Kier alpha value is -0.510. The Labute approximate surface area is 88.6 Å². The van der Waals surface area contributed by atoms with Crippen LogP contribution in [0.5, 0.6) is 0 Å². The van der Waals surface area contributed by atoms with Crippen LogP contribution in [-0.4, -0.2) is 29.4 Å². The summed E-state index contributed by atoms with van der Waals surface area (Å²) in [5.74, 6) is -0.332. The monoisotopic (exact) mass is 216 g/mol. The second kappa shape index (κ2) is 5.39. The number of thioether (sulfide) groups is 1. The van der Waals surface area contributed by atoms with Gasteiger partial charge in [-0.15, -0.1) is 11.8 Å². The largest absolute Gasteiger partial charge is 0.465 e. The molecule has 0 aromatic rings. The van der Waals surface area contributed by atoms with Crippen molar-refractivity contribution >= 4 is 23.5 Å². The predicted molar refractivity (Wildman–Crippen MR) is 56.3 cm³/mol. The topological polar surface area (TPSA) is 43.4 Å². The average Bonchev–Trinajstić information content (AvgIpc) is 2.48. The Kier molecular flexibility index (Phi) is 4.45. The van der Waals surface area contributed by atoms with Gasteiger partial charge in [-0.05, 0) is 13.3 Å². The quantitative estimate of drug-likeness (QED) is 0.529. The summed E-state index contributed by atoms with van der Waals surface area (Å²) in [5, 5.41) is 0.145. The third-order valence-corrected chi connectivity index (χ3v) is 3.66. The van der Waals surface area contributed by atoms with Crippen molar-refractivity contribution < 1.29 is 14.3 Å². The van der Waals surface area contributed by atoms with E-state index < -0.39 is 5.92 Å². The van der Waals surface area contributed by atoms with Crippen molar-refractivity contribution in [3.8, 4) is 0 Å². The first-order valence-corrected chi connectivity index (χ1v) is 6.06. The summed E-state index contributed by atoms with van der Waals surface area (Å²) in [7, 11) is 0. The molecule has 2 unspecified atom stereocenters. The molecule has 1 rings (SSSR count). The number of rotatable bonds is 4. The molecule has 4 heteroatoms. The molecule has 2 atom stereocenters. The molecule has 1 saturated heterocycles. The molecule has 0 aromatic heterocycles. The summed E-state index contributed by atoms with van der Waals surface area (Å²) in [6, 6.07) is 0. The number of esters is 1. The van der Waals surface area contributed by atoms with E-state index in [-0.39, 0.29) is 17.0 Å². The van der Waals surface area contributed by atoms with Gasteiger partial charge in [-0.3, -0.25) is 9.59 Å². The number of ketones is 1. The maximum absolute atomic E-state index is 11.5. The van der Waals surface area contributed by atoms with Crippen LogP contribution in [0.1, 0.15) is 26.7 Å². The Morgan fingerprint density at radius 2 is 2.29 bits per heavy atom. The summed E-state index contributed by atoms with van der Waals surface area (Å²) in [5.41, 5.74) is 0. The van der Waals surface area contributed by atoms with Crippen molar-refractivity contribution in [3.63, 3.8) is 0 Å². The SMILES string of the molecule is CCCC1SCC(=O)C1C(=O)OCC. The lowest BCUT2D eigenvalue weighted by molar-refractivity contribution is -0.150. The number of hydrogen-bond acceptors (Lipinski definition) is 4. The molecular weight excluding hydrogens is 200 g/mol. The first kappa shape index (κ1) is 11.6. The van der Waals surface area contributed by atoms with Gasteiger partial charge in [-0.25, -0.2) is 0 Å². The van der Waals surface area contributed by atoms with Gasteiger partial charge in [0.15, 0.2) is 5.78 Å². The average molecular weight is 216 g/mol. The molecule has 0 aromatic carbocycles. The van der Waals surface area contributed by atoms with E-state index >= 15 is 0 Å². The van der Waals surface area contributed by atoms with Crippen LogP contribution in [0.3, 0.4) is 0 Å². The Morgan fingerprint density at radius 3 is 2.86 bits per heavy atom. The van der Waals surface area contributed by atoms with Crippen LogP contribution in [0.4, 0.5) is 0 Å². The minimum atomic E-state index is -0.500. The van der Waals surface area contributed by atoms with E-state index in [1.807, 2.05) is 0 Å². The van der Waals surface area contributed by atoms with Crippen LogP contribution in [0.15, 0.2) is 0 Å². The van der Waals surface area contributed by atoms with Gasteiger partial charge in [0.2, 0.25) is 0 Å². The van der Waals surface area contributed by atoms with Crippen LogP contribution >= 0.6 is 11.8 Å². The molecular formula is C10H16O3S. The Bertz CT molecular complexity index is 227. The highest BCUT2D eigenvalue weighted by molar-refractivity contribution is 8.01. The second-order valence-corrected chi connectivity index (χ2v) is 4.56. The van der Waals surface area contributed by atoms with Gasteiger partial charge in [-0.1, -0.05) is 13.3 Å². The van der Waals surface area contributed by atoms with E-state index in [1.54, 1.807) is 18.7 Å². The van der Waals surface area contributed by atoms with Gasteiger partial charge in [0.1, 0.15) is 5.92 Å². The van der Waals surface area contributed by atoms with Crippen molar-refractivity contribution in [1.82, 2.24) is 0 Å². The van der Waals surface area contributed by atoms with Gasteiger partial charge in [0.05, 0.1) is 12.4 Å². The predicted octanol–water partition coefficient (Wildman–Crippen LogP) is 1.65. The van der Waals surface area contributed by atoms with Gasteiger partial charge in [0, 0.05) is 5.25 Å². The molecule has 0 saturated carbocycles. The minimum Gasteiger partial charge on any atom is -0.465 e. The molecule has 0 radical (unpaired) electrons. The molecule has 1 aliphatic heterocycles. The number of Topliss-reactive ketones (excluding diaryl/α,β-unsaturated/α-hetero) is 1. The summed E-state index contributed by atoms with van der Waals surface area (Å²) < 4.78 is 4.90. The summed E-state index contributed by atoms with van der Waals surface area (Å²) in [4.78, 5) is 22.9. The third-order valence-electron chi connectivity index (χ3n) is 2.27. The van der Waals surface area contributed by atoms with Crippen LogP contribution in [-0.2, 0) is 14.3 Å². The molecule has 80 valence electrons. The first-order valence-electron chi connectivity index (χ1n) is 5.01. The molecule has 0 aliphatic carbocycles. The maximum Gasteiger partial charge on any atom is 0.317 e. The lowest BCUT2D eigenvalue weighted by Crippen LogP contribution is -2.29. The van der Waals surface area contributed by atoms with Crippen molar-refractivity contribution in [2.45, 2.75) is 31.9 Å². The number of carbonyl (C=O) groups excluding carboxylic acids is 2. The third kappa shape index (κ3) is 2.50. The standard InChI is InChI=1S/C10H16O3S/c1-3-5-8-9(7(11)6-14-8)10(12)13-4-2/h8-9H,3-6H2,1-2H3. The molecule has 0 N–H and O–H groups in total. The maximum atomic E-state index is 11.5. The van der Waals surface area contributed by atoms with Crippen LogP contribution < -0.4 is 0 Å². The lowest BCUT2D eigenvalue weighted by Gasteiger charge is -2.14. The highest BCUT2D eigenvalue weighted by atomic mass is 32.2. The van der Waals surface area contributed by atoms with Gasteiger partial charge >= 0.3 is 5.97 Å². The van der Waals surface area contributed by atoms with Crippen molar-refractivity contribution in [1.29, 1.82) is 0 Å².